The maximum Gasteiger partial charge on any atom is 0.266 e. The van der Waals surface area contributed by atoms with E-state index in [9.17, 15) is 4.79 Å². The largest absolute Gasteiger partial charge is 0.311 e. The number of hydrogen-bond acceptors (Lipinski definition) is 3. The monoisotopic (exact) mass is 285 g/mol. The van der Waals surface area contributed by atoms with Crippen molar-refractivity contribution in [2.24, 2.45) is 5.92 Å². The fourth-order valence-corrected chi connectivity index (χ4v) is 2.42. The summed E-state index contributed by atoms with van der Waals surface area (Å²) in [6.07, 6.45) is 2.73. The van der Waals surface area contributed by atoms with E-state index in [0.29, 0.717) is 12.5 Å². The third-order valence-corrected chi connectivity index (χ3v) is 3.52. The molecule has 1 atom stereocenters. The van der Waals surface area contributed by atoms with Crippen molar-refractivity contribution in [3.05, 3.63) is 64.1 Å². The van der Waals surface area contributed by atoms with Crippen LogP contribution in [0.5, 0.6) is 0 Å². The number of rotatable bonds is 6. The smallest absolute Gasteiger partial charge is 0.266 e. The van der Waals surface area contributed by atoms with Gasteiger partial charge in [0.15, 0.2) is 0 Å². The molecule has 0 aliphatic carbocycles. The Hall–Kier alpha value is -1.94. The molecule has 1 N–H and O–H groups in total. The second-order valence-electron chi connectivity index (χ2n) is 5.72. The highest BCUT2D eigenvalue weighted by molar-refractivity contribution is 5.25. The predicted molar refractivity (Wildman–Crippen MR) is 85.3 cm³/mol. The molecule has 0 aliphatic rings. The van der Waals surface area contributed by atoms with Gasteiger partial charge in [-0.05, 0) is 36.6 Å². The lowest BCUT2D eigenvalue weighted by atomic mass is 9.99. The molecule has 0 saturated heterocycles. The topological polar surface area (TPSA) is 46.9 Å². The van der Waals surface area contributed by atoms with Gasteiger partial charge in [0.1, 0.15) is 0 Å². The summed E-state index contributed by atoms with van der Waals surface area (Å²) in [6, 6.07) is 11.9. The van der Waals surface area contributed by atoms with Gasteiger partial charge in [0, 0.05) is 12.3 Å². The van der Waals surface area contributed by atoms with Crippen molar-refractivity contribution in [3.8, 4) is 0 Å². The minimum Gasteiger partial charge on any atom is -0.311 e. The molecule has 112 valence electrons. The van der Waals surface area contributed by atoms with Gasteiger partial charge in [-0.3, -0.25) is 4.79 Å². The van der Waals surface area contributed by atoms with Crippen LogP contribution in [0, 0.1) is 5.92 Å². The average molecular weight is 285 g/mol. The Labute approximate surface area is 125 Å². The molecule has 4 heteroatoms. The normalized spacial score (nSPS) is 12.6. The fourth-order valence-electron chi connectivity index (χ4n) is 2.42. The summed E-state index contributed by atoms with van der Waals surface area (Å²) >= 11 is 0. The van der Waals surface area contributed by atoms with Crippen molar-refractivity contribution in [2.75, 3.05) is 7.05 Å². The van der Waals surface area contributed by atoms with Gasteiger partial charge in [0.25, 0.3) is 5.56 Å². The summed E-state index contributed by atoms with van der Waals surface area (Å²) in [5, 5.41) is 7.37. The van der Waals surface area contributed by atoms with E-state index < -0.39 is 0 Å². The number of benzene rings is 1. The molecule has 0 amide bonds. The molecule has 4 nitrogen and oxygen atoms in total. The maximum absolute atomic E-state index is 11.8. The van der Waals surface area contributed by atoms with E-state index >= 15 is 0 Å². The summed E-state index contributed by atoms with van der Waals surface area (Å²) in [6.45, 7) is 4.97. The molecule has 2 rings (SSSR count). The molecule has 0 spiro atoms. The maximum atomic E-state index is 11.8. The number of aromatic nitrogens is 2. The molecule has 0 aliphatic heterocycles. The molecular formula is C17H23N3O. The lowest BCUT2D eigenvalue weighted by Crippen LogP contribution is -2.29. The predicted octanol–water partition coefficient (Wildman–Crippen LogP) is 2.40. The Kier molecular flexibility index (Phi) is 5.28. The first kappa shape index (κ1) is 15.4. The van der Waals surface area contributed by atoms with E-state index in [1.54, 1.807) is 12.3 Å². The highest BCUT2D eigenvalue weighted by Gasteiger charge is 2.11. The lowest BCUT2D eigenvalue weighted by molar-refractivity contribution is 0.452. The van der Waals surface area contributed by atoms with E-state index in [-0.39, 0.29) is 11.6 Å². The van der Waals surface area contributed by atoms with Crippen LogP contribution in [0.2, 0.25) is 0 Å². The van der Waals surface area contributed by atoms with Crippen LogP contribution in [0.15, 0.2) is 47.4 Å². The van der Waals surface area contributed by atoms with Crippen molar-refractivity contribution < 1.29 is 0 Å². The fraction of sp³-hybridized carbons (Fsp3) is 0.412. The third-order valence-electron chi connectivity index (χ3n) is 3.52. The Bertz CT molecular complexity index is 616. The van der Waals surface area contributed by atoms with Crippen LogP contribution in [0.25, 0.3) is 0 Å². The molecule has 21 heavy (non-hydrogen) atoms. The number of nitrogens with one attached hydrogen (secondary N) is 1. The zero-order valence-corrected chi connectivity index (χ0v) is 12.9. The third kappa shape index (κ3) is 4.26. The number of likely N-dealkylation sites (N-methyl/N-ethyl adjacent to an activating group) is 1. The summed E-state index contributed by atoms with van der Waals surface area (Å²) in [5.41, 5.74) is 2.44. The molecule has 0 radical (unpaired) electrons. The second-order valence-corrected chi connectivity index (χ2v) is 5.72. The zero-order chi connectivity index (χ0) is 15.2. The van der Waals surface area contributed by atoms with Crippen LogP contribution >= 0.6 is 0 Å². The van der Waals surface area contributed by atoms with Gasteiger partial charge in [-0.15, -0.1) is 0 Å². The quantitative estimate of drug-likeness (QED) is 0.886. The first-order valence-corrected chi connectivity index (χ1v) is 7.38. The number of nitrogens with zero attached hydrogens (tertiary/aromatic N) is 2. The molecule has 1 aromatic heterocycles. The van der Waals surface area contributed by atoms with Crippen molar-refractivity contribution in [2.45, 2.75) is 32.9 Å². The number of hydrogen-bond donors (Lipinski definition) is 1. The van der Waals surface area contributed by atoms with Gasteiger partial charge in [-0.25, -0.2) is 4.68 Å². The van der Waals surface area contributed by atoms with Crippen molar-refractivity contribution in [1.82, 2.24) is 15.1 Å². The van der Waals surface area contributed by atoms with Crippen LogP contribution in [0.3, 0.4) is 0 Å². The first-order chi connectivity index (χ1) is 10.1. The van der Waals surface area contributed by atoms with Crippen LogP contribution in [-0.4, -0.2) is 16.8 Å². The minimum absolute atomic E-state index is 0.0747. The molecule has 1 aromatic carbocycles. The second kappa shape index (κ2) is 7.18. The van der Waals surface area contributed by atoms with Crippen LogP contribution in [-0.2, 0) is 13.0 Å². The van der Waals surface area contributed by atoms with Crippen LogP contribution in [0.4, 0.5) is 0 Å². The SMILES string of the molecule is CNC(Cn1ncccc1=O)c1ccc(CC(C)C)cc1. The van der Waals surface area contributed by atoms with E-state index in [1.165, 1.54) is 21.9 Å². The summed E-state index contributed by atoms with van der Waals surface area (Å²) < 4.78 is 1.49. The Morgan fingerprint density at radius 2 is 1.90 bits per heavy atom. The molecule has 2 aromatic rings. The van der Waals surface area contributed by atoms with Gasteiger partial charge >= 0.3 is 0 Å². The molecule has 0 saturated carbocycles. The average Bonchev–Trinajstić information content (AvgIpc) is 2.47. The van der Waals surface area contributed by atoms with Crippen molar-refractivity contribution in [1.29, 1.82) is 0 Å². The van der Waals surface area contributed by atoms with E-state index in [4.69, 9.17) is 0 Å². The van der Waals surface area contributed by atoms with Crippen molar-refractivity contribution in [3.63, 3.8) is 0 Å². The van der Waals surface area contributed by atoms with Crippen LogP contribution in [0.1, 0.15) is 31.0 Å². The molecule has 0 bridgehead atoms. The minimum atomic E-state index is -0.0748. The van der Waals surface area contributed by atoms with Gasteiger partial charge in [0.2, 0.25) is 0 Å². The van der Waals surface area contributed by atoms with E-state index in [1.807, 2.05) is 7.05 Å². The molecular weight excluding hydrogens is 262 g/mol. The summed E-state index contributed by atoms with van der Waals surface area (Å²) in [7, 11) is 1.90. The van der Waals surface area contributed by atoms with Crippen LogP contribution < -0.4 is 10.9 Å². The van der Waals surface area contributed by atoms with Gasteiger partial charge < -0.3 is 5.32 Å². The Morgan fingerprint density at radius 1 is 1.19 bits per heavy atom. The van der Waals surface area contributed by atoms with E-state index in [0.717, 1.165) is 6.42 Å². The Morgan fingerprint density at radius 3 is 2.48 bits per heavy atom. The standard InChI is InChI=1S/C17H23N3O/c1-13(2)11-14-6-8-15(9-7-14)16(18-3)12-20-17(21)5-4-10-19-20/h4-10,13,16,18H,11-12H2,1-3H3. The highest BCUT2D eigenvalue weighted by atomic mass is 16.1. The molecule has 0 fully saturated rings. The van der Waals surface area contributed by atoms with Gasteiger partial charge in [-0.2, -0.15) is 5.10 Å². The molecule has 1 unspecified atom stereocenters. The highest BCUT2D eigenvalue weighted by Crippen LogP contribution is 2.16. The van der Waals surface area contributed by atoms with Gasteiger partial charge in [0.05, 0.1) is 12.6 Å². The molecule has 1 heterocycles. The first-order valence-electron chi connectivity index (χ1n) is 7.38. The Balaban J connectivity index is 2.14. The summed E-state index contributed by atoms with van der Waals surface area (Å²) in [5.74, 6) is 0.656. The van der Waals surface area contributed by atoms with E-state index in [2.05, 4.69) is 48.5 Å². The zero-order valence-electron chi connectivity index (χ0n) is 12.9. The van der Waals surface area contributed by atoms with Gasteiger partial charge in [-0.1, -0.05) is 38.1 Å². The summed E-state index contributed by atoms with van der Waals surface area (Å²) in [4.78, 5) is 11.8. The van der Waals surface area contributed by atoms with Crippen molar-refractivity contribution >= 4 is 0 Å². The lowest BCUT2D eigenvalue weighted by Gasteiger charge is -2.17.